The van der Waals surface area contributed by atoms with E-state index in [4.69, 9.17) is 4.74 Å². The lowest BCUT2D eigenvalue weighted by Gasteiger charge is -2.52. The first-order valence-electron chi connectivity index (χ1n) is 9.85. The molecule has 27 heavy (non-hydrogen) atoms. The summed E-state index contributed by atoms with van der Waals surface area (Å²) in [6.45, 7) is 0.581. The standard InChI is InChI=1S/C23H27NO3/c1-27-19-12-10-17(11-13-19)21-20-9-5-6-14-23(20,26)15-16-24(21)22(25)18-7-3-2-4-8-18/h2-4,7-8,10-13,20-21,26H,5-6,9,14-16H2,1H3/t20?,21-,23?/m0/s1. The molecule has 0 spiro atoms. The Labute approximate surface area is 160 Å². The van der Waals surface area contributed by atoms with E-state index in [0.29, 0.717) is 18.5 Å². The number of carbonyl (C=O) groups is 1. The SMILES string of the molecule is COc1ccc([C@H]2C3CCCCC3(O)CCN2C(=O)c2ccccc2)cc1. The molecule has 0 radical (unpaired) electrons. The van der Waals surface area contributed by atoms with Gasteiger partial charge in [0.2, 0.25) is 0 Å². The van der Waals surface area contributed by atoms with E-state index in [1.807, 2.05) is 59.5 Å². The van der Waals surface area contributed by atoms with Crippen LogP contribution in [0.25, 0.3) is 0 Å². The Bertz CT molecular complexity index is 789. The maximum atomic E-state index is 13.3. The predicted octanol–water partition coefficient (Wildman–Crippen LogP) is 4.20. The van der Waals surface area contributed by atoms with Gasteiger partial charge in [0.15, 0.2) is 0 Å². The smallest absolute Gasteiger partial charge is 0.254 e. The Morgan fingerprint density at radius 2 is 1.81 bits per heavy atom. The van der Waals surface area contributed by atoms with Crippen molar-refractivity contribution in [3.05, 3.63) is 65.7 Å². The fourth-order valence-electron chi connectivity index (χ4n) is 4.87. The zero-order valence-electron chi connectivity index (χ0n) is 15.8. The number of methoxy groups -OCH3 is 1. The van der Waals surface area contributed by atoms with Gasteiger partial charge in [-0.15, -0.1) is 0 Å². The number of carbonyl (C=O) groups excluding carboxylic acids is 1. The molecule has 1 heterocycles. The molecule has 1 aliphatic heterocycles. The fraction of sp³-hybridized carbons (Fsp3) is 0.435. The average Bonchev–Trinajstić information content (AvgIpc) is 2.73. The first kappa shape index (κ1) is 18.1. The maximum absolute atomic E-state index is 13.3. The van der Waals surface area contributed by atoms with Gasteiger partial charge < -0.3 is 14.7 Å². The van der Waals surface area contributed by atoms with Crippen LogP contribution in [-0.4, -0.2) is 35.2 Å². The summed E-state index contributed by atoms with van der Waals surface area (Å²) in [4.78, 5) is 15.3. The van der Waals surface area contributed by atoms with Crippen LogP contribution >= 0.6 is 0 Å². The molecule has 2 aliphatic rings. The number of fused-ring (bicyclic) bond motifs is 1. The van der Waals surface area contributed by atoms with Gasteiger partial charge in [0, 0.05) is 18.0 Å². The minimum Gasteiger partial charge on any atom is -0.497 e. The summed E-state index contributed by atoms with van der Waals surface area (Å²) >= 11 is 0. The van der Waals surface area contributed by atoms with Gasteiger partial charge in [-0.05, 0) is 49.1 Å². The van der Waals surface area contributed by atoms with Crippen LogP contribution in [0.1, 0.15) is 54.1 Å². The summed E-state index contributed by atoms with van der Waals surface area (Å²) < 4.78 is 5.30. The van der Waals surface area contributed by atoms with Crippen molar-refractivity contribution in [1.82, 2.24) is 4.90 Å². The van der Waals surface area contributed by atoms with Gasteiger partial charge in [-0.3, -0.25) is 4.79 Å². The third-order valence-electron chi connectivity index (χ3n) is 6.31. The molecule has 4 heteroatoms. The highest BCUT2D eigenvalue weighted by Gasteiger charge is 2.50. The average molecular weight is 365 g/mol. The second-order valence-electron chi connectivity index (χ2n) is 7.79. The van der Waals surface area contributed by atoms with Gasteiger partial charge in [-0.25, -0.2) is 0 Å². The third kappa shape index (κ3) is 3.34. The quantitative estimate of drug-likeness (QED) is 0.887. The first-order chi connectivity index (χ1) is 13.1. The molecule has 0 aromatic heterocycles. The number of nitrogens with zero attached hydrogens (tertiary/aromatic N) is 1. The lowest BCUT2D eigenvalue weighted by atomic mass is 9.66. The molecule has 1 saturated heterocycles. The van der Waals surface area contributed by atoms with Crippen LogP contribution in [-0.2, 0) is 0 Å². The molecule has 1 aliphatic carbocycles. The molecule has 2 aromatic carbocycles. The van der Waals surface area contributed by atoms with Crippen LogP contribution in [0.5, 0.6) is 5.75 Å². The third-order valence-corrected chi connectivity index (χ3v) is 6.31. The molecular formula is C23H27NO3. The lowest BCUT2D eigenvalue weighted by Crippen LogP contribution is -2.56. The van der Waals surface area contributed by atoms with E-state index in [0.717, 1.165) is 37.0 Å². The van der Waals surface area contributed by atoms with Crippen molar-refractivity contribution in [2.75, 3.05) is 13.7 Å². The Morgan fingerprint density at radius 3 is 2.52 bits per heavy atom. The highest BCUT2D eigenvalue weighted by molar-refractivity contribution is 5.94. The Balaban J connectivity index is 1.73. The second kappa shape index (κ2) is 7.35. The number of likely N-dealkylation sites (tertiary alicyclic amines) is 1. The Kier molecular flexibility index (Phi) is 4.92. The van der Waals surface area contributed by atoms with Crippen LogP contribution in [0.4, 0.5) is 0 Å². The molecule has 142 valence electrons. The number of rotatable bonds is 3. The van der Waals surface area contributed by atoms with Gasteiger partial charge in [0.05, 0.1) is 18.8 Å². The molecule has 4 rings (SSSR count). The largest absolute Gasteiger partial charge is 0.497 e. The Morgan fingerprint density at radius 1 is 1.07 bits per heavy atom. The highest BCUT2D eigenvalue weighted by Crippen LogP contribution is 2.49. The summed E-state index contributed by atoms with van der Waals surface area (Å²) in [6.07, 6.45) is 4.61. The van der Waals surface area contributed by atoms with Crippen LogP contribution in [0.15, 0.2) is 54.6 Å². The molecule has 2 fully saturated rings. The van der Waals surface area contributed by atoms with E-state index in [9.17, 15) is 9.90 Å². The van der Waals surface area contributed by atoms with Gasteiger partial charge in [-0.1, -0.05) is 43.2 Å². The molecule has 1 N–H and O–H groups in total. The first-order valence-corrected chi connectivity index (χ1v) is 9.85. The number of amides is 1. The maximum Gasteiger partial charge on any atom is 0.254 e. The van der Waals surface area contributed by atoms with E-state index in [-0.39, 0.29) is 17.9 Å². The van der Waals surface area contributed by atoms with E-state index in [2.05, 4.69) is 0 Å². The normalized spacial score (nSPS) is 27.7. The number of benzene rings is 2. The topological polar surface area (TPSA) is 49.8 Å². The van der Waals surface area contributed by atoms with Crippen LogP contribution in [0.2, 0.25) is 0 Å². The molecule has 1 amide bonds. The summed E-state index contributed by atoms with van der Waals surface area (Å²) in [6, 6.07) is 17.3. The van der Waals surface area contributed by atoms with Crippen molar-refractivity contribution in [3.8, 4) is 5.75 Å². The lowest BCUT2D eigenvalue weighted by molar-refractivity contribution is -0.115. The molecule has 4 nitrogen and oxygen atoms in total. The molecule has 1 saturated carbocycles. The minimum absolute atomic E-state index is 0.0454. The van der Waals surface area contributed by atoms with Gasteiger partial charge in [-0.2, -0.15) is 0 Å². The molecule has 2 unspecified atom stereocenters. The molecular weight excluding hydrogens is 338 g/mol. The van der Waals surface area contributed by atoms with Crippen LogP contribution in [0, 0.1) is 5.92 Å². The summed E-state index contributed by atoms with van der Waals surface area (Å²) in [7, 11) is 1.65. The van der Waals surface area contributed by atoms with Crippen molar-refractivity contribution >= 4 is 5.91 Å². The number of ether oxygens (including phenoxy) is 1. The number of hydrogen-bond acceptors (Lipinski definition) is 3. The van der Waals surface area contributed by atoms with Crippen molar-refractivity contribution in [3.63, 3.8) is 0 Å². The number of aliphatic hydroxyl groups is 1. The fourth-order valence-corrected chi connectivity index (χ4v) is 4.87. The zero-order chi connectivity index (χ0) is 18.9. The van der Waals surface area contributed by atoms with Crippen molar-refractivity contribution in [2.24, 2.45) is 5.92 Å². The zero-order valence-corrected chi connectivity index (χ0v) is 15.8. The van der Waals surface area contributed by atoms with Crippen LogP contribution < -0.4 is 4.74 Å². The van der Waals surface area contributed by atoms with Crippen molar-refractivity contribution in [1.29, 1.82) is 0 Å². The second-order valence-corrected chi connectivity index (χ2v) is 7.79. The Hall–Kier alpha value is -2.33. The van der Waals surface area contributed by atoms with E-state index in [1.165, 1.54) is 0 Å². The van der Waals surface area contributed by atoms with Gasteiger partial charge in [0.1, 0.15) is 5.75 Å². The van der Waals surface area contributed by atoms with Crippen LogP contribution in [0.3, 0.4) is 0 Å². The van der Waals surface area contributed by atoms with E-state index < -0.39 is 5.60 Å². The van der Waals surface area contributed by atoms with E-state index in [1.54, 1.807) is 7.11 Å². The van der Waals surface area contributed by atoms with Crippen molar-refractivity contribution < 1.29 is 14.6 Å². The number of piperidine rings is 1. The predicted molar refractivity (Wildman–Crippen MR) is 105 cm³/mol. The van der Waals surface area contributed by atoms with Crippen molar-refractivity contribution in [2.45, 2.75) is 43.7 Å². The van der Waals surface area contributed by atoms with Gasteiger partial charge in [0.25, 0.3) is 5.91 Å². The summed E-state index contributed by atoms with van der Waals surface area (Å²) in [5.74, 6) is 0.916. The molecule has 3 atom stereocenters. The monoisotopic (exact) mass is 365 g/mol. The summed E-state index contributed by atoms with van der Waals surface area (Å²) in [5.41, 5.74) is 1.11. The highest BCUT2D eigenvalue weighted by atomic mass is 16.5. The van der Waals surface area contributed by atoms with Gasteiger partial charge >= 0.3 is 0 Å². The molecule has 2 aromatic rings. The molecule has 0 bridgehead atoms. The van der Waals surface area contributed by atoms with E-state index >= 15 is 0 Å². The number of hydrogen-bond donors (Lipinski definition) is 1. The summed E-state index contributed by atoms with van der Waals surface area (Å²) in [5, 5.41) is 11.3. The minimum atomic E-state index is -0.670.